The van der Waals surface area contributed by atoms with Gasteiger partial charge in [-0.05, 0) is 55.2 Å². The van der Waals surface area contributed by atoms with Crippen LogP contribution in [0.5, 0.6) is 5.75 Å². The highest BCUT2D eigenvalue weighted by Crippen LogP contribution is 2.19. The highest BCUT2D eigenvalue weighted by Gasteiger charge is 2.29. The van der Waals surface area contributed by atoms with E-state index in [0.717, 1.165) is 31.2 Å². The summed E-state index contributed by atoms with van der Waals surface area (Å²) in [6.07, 6.45) is 3.77. The smallest absolute Gasteiger partial charge is 0.255 e. The molecule has 1 heterocycles. The zero-order valence-corrected chi connectivity index (χ0v) is 28.8. The summed E-state index contributed by atoms with van der Waals surface area (Å²) in [5, 5.41) is 14.4. The first-order chi connectivity index (χ1) is 23.0. The maximum absolute atomic E-state index is 13.6. The predicted molar refractivity (Wildman–Crippen MR) is 185 cm³/mol. The van der Waals surface area contributed by atoms with Gasteiger partial charge < -0.3 is 31.3 Å². The van der Waals surface area contributed by atoms with Crippen molar-refractivity contribution < 1.29 is 28.7 Å². The number of hydrogen-bond acceptors (Lipinski definition) is 6. The molecular weight excluding hydrogens is 610 g/mol. The van der Waals surface area contributed by atoms with Gasteiger partial charge in [-0.15, -0.1) is 0 Å². The quantitative estimate of drug-likeness (QED) is 0.305. The molecule has 0 saturated heterocycles. The van der Waals surface area contributed by atoms with Crippen LogP contribution in [0.25, 0.3) is 0 Å². The third-order valence-electron chi connectivity index (χ3n) is 8.00. The number of hydrogen-bond donors (Lipinski definition) is 5. The number of fused-ring (bicyclic) bond motifs is 1. The van der Waals surface area contributed by atoms with E-state index in [1.54, 1.807) is 24.3 Å². The van der Waals surface area contributed by atoms with Gasteiger partial charge in [0.1, 0.15) is 23.9 Å². The summed E-state index contributed by atoms with van der Waals surface area (Å²) in [7, 11) is 0. The summed E-state index contributed by atoms with van der Waals surface area (Å²) in [5.41, 5.74) is 1.20. The molecule has 48 heavy (non-hydrogen) atoms. The van der Waals surface area contributed by atoms with Gasteiger partial charge in [0.05, 0.1) is 12.2 Å². The molecule has 0 fully saturated rings. The minimum absolute atomic E-state index is 0.0135. The van der Waals surface area contributed by atoms with Crippen LogP contribution in [0, 0.1) is 11.8 Å². The van der Waals surface area contributed by atoms with Crippen LogP contribution >= 0.6 is 0 Å². The Labute approximate surface area is 284 Å². The largest absolute Gasteiger partial charge is 0.493 e. The molecule has 0 saturated carbocycles. The van der Waals surface area contributed by atoms with E-state index in [1.807, 2.05) is 58.0 Å². The zero-order valence-electron chi connectivity index (χ0n) is 28.8. The molecule has 5 amide bonds. The molecule has 11 heteroatoms. The van der Waals surface area contributed by atoms with Crippen molar-refractivity contribution in [3.05, 3.63) is 65.7 Å². The molecule has 2 aromatic carbocycles. The number of carbonyl (C=O) groups excluding carboxylic acids is 5. The standard InChI is InChI=1S/C37H53N5O6/c1-25(2)22-30-37(47)42-31(23-27-14-8-7-9-15-27)36(46)38-20-12-5-6-13-21-48-32-17-11-10-16-28(32)34(44)41-29(18-19-33(43)40-30)35(45)39-24-26(3)4/h7-11,14-17,25-26,29-31H,5-6,12-13,18-24H2,1-4H3,(H,38,46)(H,39,45)(H,40,43)(H,41,44)(H,42,47)/t29-,30-,31-/m0/s1. The number of para-hydroxylation sites is 1. The molecule has 1 aliphatic rings. The summed E-state index contributed by atoms with van der Waals surface area (Å²) in [5.74, 6) is -1.39. The minimum Gasteiger partial charge on any atom is -0.493 e. The highest BCUT2D eigenvalue weighted by atomic mass is 16.5. The Balaban J connectivity index is 1.85. The van der Waals surface area contributed by atoms with Gasteiger partial charge in [0.2, 0.25) is 23.6 Å². The second-order valence-corrected chi connectivity index (χ2v) is 13.3. The second kappa shape index (κ2) is 20.1. The van der Waals surface area contributed by atoms with Crippen molar-refractivity contribution in [1.29, 1.82) is 0 Å². The summed E-state index contributed by atoms with van der Waals surface area (Å²) < 4.78 is 5.97. The van der Waals surface area contributed by atoms with E-state index in [-0.39, 0.29) is 30.6 Å². The lowest BCUT2D eigenvalue weighted by Crippen LogP contribution is -2.55. The van der Waals surface area contributed by atoms with E-state index in [0.29, 0.717) is 43.9 Å². The Kier molecular flexibility index (Phi) is 15.9. The Morgan fingerprint density at radius 2 is 1.52 bits per heavy atom. The fourth-order valence-electron chi connectivity index (χ4n) is 5.39. The summed E-state index contributed by atoms with van der Waals surface area (Å²) in [6, 6.07) is 13.6. The molecule has 0 aromatic heterocycles. The van der Waals surface area contributed by atoms with Gasteiger partial charge >= 0.3 is 0 Å². The molecular formula is C37H53N5O6. The van der Waals surface area contributed by atoms with Gasteiger partial charge in [0, 0.05) is 25.9 Å². The number of amides is 5. The zero-order chi connectivity index (χ0) is 34.9. The third kappa shape index (κ3) is 13.4. The van der Waals surface area contributed by atoms with Crippen molar-refractivity contribution in [2.45, 2.75) is 97.2 Å². The number of ether oxygens (including phenoxy) is 1. The SMILES string of the molecule is CC(C)CNC(=O)[C@@H]1CCC(=O)N[C@@H](CC(C)C)C(=O)N[C@@H](Cc2ccccc2)C(=O)NCCCCCCOc2ccccc2C(=O)N1. The number of nitrogens with one attached hydrogen (secondary N) is 5. The maximum Gasteiger partial charge on any atom is 0.255 e. The van der Waals surface area contributed by atoms with Crippen molar-refractivity contribution >= 4 is 29.5 Å². The van der Waals surface area contributed by atoms with Crippen LogP contribution in [0.1, 0.15) is 88.6 Å². The topological polar surface area (TPSA) is 155 Å². The van der Waals surface area contributed by atoms with Crippen LogP contribution in [-0.2, 0) is 25.6 Å². The lowest BCUT2D eigenvalue weighted by atomic mass is 10.0. The Morgan fingerprint density at radius 3 is 2.25 bits per heavy atom. The first-order valence-corrected chi connectivity index (χ1v) is 17.2. The molecule has 3 atom stereocenters. The molecule has 0 radical (unpaired) electrons. The van der Waals surface area contributed by atoms with E-state index in [4.69, 9.17) is 4.74 Å². The normalized spacial score (nSPS) is 20.9. The molecule has 5 N–H and O–H groups in total. The van der Waals surface area contributed by atoms with Gasteiger partial charge in [-0.1, -0.05) is 83.0 Å². The first kappa shape index (κ1) is 38.0. The highest BCUT2D eigenvalue weighted by molar-refractivity contribution is 6.00. The Bertz CT molecular complexity index is 1350. The van der Waals surface area contributed by atoms with Crippen LogP contribution in [0.3, 0.4) is 0 Å². The molecule has 11 nitrogen and oxygen atoms in total. The Hall–Kier alpha value is -4.41. The molecule has 3 rings (SSSR count). The molecule has 0 aliphatic carbocycles. The monoisotopic (exact) mass is 663 g/mol. The number of rotatable bonds is 7. The van der Waals surface area contributed by atoms with E-state index >= 15 is 0 Å². The van der Waals surface area contributed by atoms with E-state index in [9.17, 15) is 24.0 Å². The van der Waals surface area contributed by atoms with Crippen molar-refractivity contribution in [1.82, 2.24) is 26.6 Å². The van der Waals surface area contributed by atoms with E-state index in [1.165, 1.54) is 0 Å². The van der Waals surface area contributed by atoms with Gasteiger partial charge in [-0.2, -0.15) is 0 Å². The second-order valence-electron chi connectivity index (χ2n) is 13.3. The molecule has 0 bridgehead atoms. The average molecular weight is 664 g/mol. The summed E-state index contributed by atoms with van der Waals surface area (Å²) in [4.78, 5) is 66.9. The van der Waals surface area contributed by atoms with Gasteiger partial charge in [-0.25, -0.2) is 0 Å². The van der Waals surface area contributed by atoms with Gasteiger partial charge in [0.15, 0.2) is 0 Å². The van der Waals surface area contributed by atoms with Crippen LogP contribution in [-0.4, -0.2) is 67.4 Å². The fraction of sp³-hybridized carbons (Fsp3) is 0.541. The molecule has 0 unspecified atom stereocenters. The van der Waals surface area contributed by atoms with Crippen molar-refractivity contribution in [3.8, 4) is 5.75 Å². The van der Waals surface area contributed by atoms with E-state index in [2.05, 4.69) is 26.6 Å². The van der Waals surface area contributed by atoms with Gasteiger partial charge in [0.25, 0.3) is 5.91 Å². The van der Waals surface area contributed by atoms with E-state index < -0.39 is 41.8 Å². The predicted octanol–water partition coefficient (Wildman–Crippen LogP) is 3.66. The fourth-order valence-corrected chi connectivity index (χ4v) is 5.39. The Morgan fingerprint density at radius 1 is 0.812 bits per heavy atom. The molecule has 1 aliphatic heterocycles. The first-order valence-electron chi connectivity index (χ1n) is 17.2. The van der Waals surface area contributed by atoms with Crippen LogP contribution in [0.15, 0.2) is 54.6 Å². The van der Waals surface area contributed by atoms with Crippen molar-refractivity contribution in [2.24, 2.45) is 11.8 Å². The van der Waals surface area contributed by atoms with Crippen LogP contribution in [0.2, 0.25) is 0 Å². The maximum atomic E-state index is 13.6. The van der Waals surface area contributed by atoms with Crippen LogP contribution in [0.4, 0.5) is 0 Å². The summed E-state index contributed by atoms with van der Waals surface area (Å²) >= 11 is 0. The summed E-state index contributed by atoms with van der Waals surface area (Å²) in [6.45, 7) is 9.09. The van der Waals surface area contributed by atoms with Crippen molar-refractivity contribution in [3.63, 3.8) is 0 Å². The molecule has 0 spiro atoms. The van der Waals surface area contributed by atoms with Crippen LogP contribution < -0.4 is 31.3 Å². The molecule has 262 valence electrons. The number of benzene rings is 2. The lowest BCUT2D eigenvalue weighted by Gasteiger charge is -2.25. The number of carbonyl (C=O) groups is 5. The van der Waals surface area contributed by atoms with Crippen molar-refractivity contribution in [2.75, 3.05) is 19.7 Å². The lowest BCUT2D eigenvalue weighted by molar-refractivity contribution is -0.132. The average Bonchev–Trinajstić information content (AvgIpc) is 3.05. The molecule has 2 aromatic rings. The third-order valence-corrected chi connectivity index (χ3v) is 8.00. The van der Waals surface area contributed by atoms with Gasteiger partial charge in [-0.3, -0.25) is 24.0 Å². The minimum atomic E-state index is -0.996.